The van der Waals surface area contributed by atoms with E-state index in [1.54, 1.807) is 0 Å². The first-order valence-corrected chi connectivity index (χ1v) is 6.76. The molecule has 2 atom stereocenters. The molecule has 0 aromatic rings. The summed E-state index contributed by atoms with van der Waals surface area (Å²) in [5, 5.41) is 3.49. The molecule has 0 spiro atoms. The minimum Gasteiger partial charge on any atom is -0.377 e. The molecule has 2 rings (SSSR count). The highest BCUT2D eigenvalue weighted by Gasteiger charge is 2.31. The molecule has 1 N–H and O–H groups in total. The molecule has 2 heterocycles. The zero-order valence-corrected chi connectivity index (χ0v) is 10.8. The van der Waals surface area contributed by atoms with Gasteiger partial charge in [-0.2, -0.15) is 0 Å². The lowest BCUT2D eigenvalue weighted by Crippen LogP contribution is -2.40. The van der Waals surface area contributed by atoms with Gasteiger partial charge in [-0.05, 0) is 31.2 Å². The van der Waals surface area contributed by atoms with Crippen LogP contribution in [0.5, 0.6) is 0 Å². The van der Waals surface area contributed by atoms with Crippen LogP contribution in [-0.2, 0) is 4.74 Å². The van der Waals surface area contributed by atoms with E-state index in [-0.39, 0.29) is 0 Å². The Morgan fingerprint density at radius 1 is 1.50 bits per heavy atom. The van der Waals surface area contributed by atoms with E-state index in [1.165, 1.54) is 39.0 Å². The van der Waals surface area contributed by atoms with Gasteiger partial charge in [0.15, 0.2) is 0 Å². The Morgan fingerprint density at radius 3 is 3.06 bits per heavy atom. The van der Waals surface area contributed by atoms with Gasteiger partial charge in [0.2, 0.25) is 0 Å². The largest absolute Gasteiger partial charge is 0.377 e. The average Bonchev–Trinajstić information content (AvgIpc) is 2.56. The van der Waals surface area contributed by atoms with Gasteiger partial charge >= 0.3 is 0 Å². The molecule has 2 saturated heterocycles. The van der Waals surface area contributed by atoms with Gasteiger partial charge in [0.1, 0.15) is 0 Å². The molecule has 0 aromatic carbocycles. The number of rotatable bonds is 3. The molecule has 3 heteroatoms. The summed E-state index contributed by atoms with van der Waals surface area (Å²) in [5.41, 5.74) is 0.489. The Kier molecular flexibility index (Phi) is 4.22. The minimum atomic E-state index is 0.459. The minimum absolute atomic E-state index is 0.459. The number of hydrogen-bond acceptors (Lipinski definition) is 3. The highest BCUT2D eigenvalue weighted by molar-refractivity contribution is 4.87. The zero-order valence-electron chi connectivity index (χ0n) is 10.8. The highest BCUT2D eigenvalue weighted by Crippen LogP contribution is 2.26. The fraction of sp³-hybridized carbons (Fsp3) is 1.00. The maximum atomic E-state index is 5.82. The first kappa shape index (κ1) is 12.3. The highest BCUT2D eigenvalue weighted by atomic mass is 16.5. The molecule has 0 amide bonds. The van der Waals surface area contributed by atoms with Crippen molar-refractivity contribution < 1.29 is 4.74 Å². The maximum absolute atomic E-state index is 5.82. The fourth-order valence-electron chi connectivity index (χ4n) is 2.90. The Hall–Kier alpha value is -0.120. The molecule has 2 aliphatic rings. The standard InChI is InChI=1S/C13H26N2O/c1-3-12-9-15(7-4-8-16-12)11-13(2)5-6-14-10-13/h12,14H,3-11H2,1-2H3. The quantitative estimate of drug-likeness (QED) is 0.789. The molecule has 0 saturated carbocycles. The summed E-state index contributed by atoms with van der Waals surface area (Å²) in [6.07, 6.45) is 4.12. The lowest BCUT2D eigenvalue weighted by atomic mass is 9.89. The molecule has 2 aliphatic heterocycles. The summed E-state index contributed by atoms with van der Waals surface area (Å²) in [4.78, 5) is 2.62. The van der Waals surface area contributed by atoms with Crippen molar-refractivity contribution in [2.75, 3.05) is 39.3 Å². The van der Waals surface area contributed by atoms with Crippen molar-refractivity contribution in [2.45, 2.75) is 39.2 Å². The van der Waals surface area contributed by atoms with Gasteiger partial charge in [-0.1, -0.05) is 13.8 Å². The van der Waals surface area contributed by atoms with Crippen molar-refractivity contribution in [3.05, 3.63) is 0 Å². The van der Waals surface area contributed by atoms with Crippen molar-refractivity contribution in [1.29, 1.82) is 0 Å². The second-order valence-electron chi connectivity index (χ2n) is 5.73. The molecule has 0 aliphatic carbocycles. The number of hydrogen-bond donors (Lipinski definition) is 1. The first-order chi connectivity index (χ1) is 7.72. The number of nitrogens with one attached hydrogen (secondary N) is 1. The maximum Gasteiger partial charge on any atom is 0.0699 e. The van der Waals surface area contributed by atoms with Gasteiger partial charge in [0.05, 0.1) is 6.10 Å². The van der Waals surface area contributed by atoms with E-state index in [0.717, 1.165) is 19.6 Å². The van der Waals surface area contributed by atoms with Crippen LogP contribution in [0.2, 0.25) is 0 Å². The summed E-state index contributed by atoms with van der Waals surface area (Å²) in [7, 11) is 0. The summed E-state index contributed by atoms with van der Waals surface area (Å²) < 4.78 is 5.82. The van der Waals surface area contributed by atoms with Crippen LogP contribution in [0.3, 0.4) is 0 Å². The van der Waals surface area contributed by atoms with Gasteiger partial charge in [-0.25, -0.2) is 0 Å². The molecule has 2 fully saturated rings. The molecular formula is C13H26N2O. The molecule has 2 unspecified atom stereocenters. The van der Waals surface area contributed by atoms with E-state index >= 15 is 0 Å². The van der Waals surface area contributed by atoms with Crippen LogP contribution in [0.1, 0.15) is 33.1 Å². The van der Waals surface area contributed by atoms with Crippen molar-refractivity contribution >= 4 is 0 Å². The summed E-state index contributed by atoms with van der Waals surface area (Å²) in [6, 6.07) is 0. The third-order valence-electron chi connectivity index (χ3n) is 3.95. The summed E-state index contributed by atoms with van der Waals surface area (Å²) >= 11 is 0. The van der Waals surface area contributed by atoms with Crippen LogP contribution in [0.4, 0.5) is 0 Å². The van der Waals surface area contributed by atoms with E-state index in [1.807, 2.05) is 0 Å². The molecule has 16 heavy (non-hydrogen) atoms. The van der Waals surface area contributed by atoms with Gasteiger partial charge in [-0.3, -0.25) is 0 Å². The van der Waals surface area contributed by atoms with Crippen molar-refractivity contribution in [3.8, 4) is 0 Å². The zero-order chi connectivity index (χ0) is 11.4. The van der Waals surface area contributed by atoms with Crippen LogP contribution in [-0.4, -0.2) is 50.3 Å². The Bertz CT molecular complexity index is 214. The topological polar surface area (TPSA) is 24.5 Å². The van der Waals surface area contributed by atoms with E-state index in [4.69, 9.17) is 4.74 Å². The van der Waals surface area contributed by atoms with Crippen LogP contribution >= 0.6 is 0 Å². The normalized spacial score (nSPS) is 37.5. The van der Waals surface area contributed by atoms with Crippen LogP contribution < -0.4 is 5.32 Å². The van der Waals surface area contributed by atoms with Crippen molar-refractivity contribution in [1.82, 2.24) is 10.2 Å². The molecule has 0 radical (unpaired) electrons. The van der Waals surface area contributed by atoms with Gasteiger partial charge in [0.25, 0.3) is 0 Å². The van der Waals surface area contributed by atoms with E-state index < -0.39 is 0 Å². The van der Waals surface area contributed by atoms with Crippen LogP contribution in [0.15, 0.2) is 0 Å². The number of nitrogens with zero attached hydrogens (tertiary/aromatic N) is 1. The van der Waals surface area contributed by atoms with Crippen molar-refractivity contribution in [3.63, 3.8) is 0 Å². The van der Waals surface area contributed by atoms with E-state index in [2.05, 4.69) is 24.1 Å². The first-order valence-electron chi connectivity index (χ1n) is 6.76. The second kappa shape index (κ2) is 5.48. The van der Waals surface area contributed by atoms with Gasteiger partial charge < -0.3 is 15.0 Å². The van der Waals surface area contributed by atoms with E-state index in [9.17, 15) is 0 Å². The van der Waals surface area contributed by atoms with Gasteiger partial charge in [-0.15, -0.1) is 0 Å². The lowest BCUT2D eigenvalue weighted by molar-refractivity contribution is 0.0467. The predicted octanol–water partition coefficient (Wildman–Crippen LogP) is 1.49. The third kappa shape index (κ3) is 3.19. The average molecular weight is 226 g/mol. The fourth-order valence-corrected chi connectivity index (χ4v) is 2.90. The number of ether oxygens (including phenoxy) is 1. The Labute approximate surface area is 99.5 Å². The smallest absolute Gasteiger partial charge is 0.0699 e. The summed E-state index contributed by atoms with van der Waals surface area (Å²) in [5.74, 6) is 0. The molecular weight excluding hydrogens is 200 g/mol. The monoisotopic (exact) mass is 226 g/mol. The van der Waals surface area contributed by atoms with Crippen LogP contribution in [0.25, 0.3) is 0 Å². The van der Waals surface area contributed by atoms with E-state index in [0.29, 0.717) is 11.5 Å². The second-order valence-corrected chi connectivity index (χ2v) is 5.73. The SMILES string of the molecule is CCC1CN(CC2(C)CCNC2)CCCO1. The Balaban J connectivity index is 1.87. The Morgan fingerprint density at radius 2 is 2.38 bits per heavy atom. The van der Waals surface area contributed by atoms with Crippen LogP contribution in [0, 0.1) is 5.41 Å². The molecule has 3 nitrogen and oxygen atoms in total. The molecule has 0 aromatic heterocycles. The summed E-state index contributed by atoms with van der Waals surface area (Å²) in [6.45, 7) is 11.5. The third-order valence-corrected chi connectivity index (χ3v) is 3.95. The molecule has 0 bridgehead atoms. The van der Waals surface area contributed by atoms with Gasteiger partial charge in [0, 0.05) is 32.8 Å². The lowest BCUT2D eigenvalue weighted by Gasteiger charge is -2.32. The van der Waals surface area contributed by atoms with Crippen molar-refractivity contribution in [2.24, 2.45) is 5.41 Å². The predicted molar refractivity (Wildman–Crippen MR) is 66.7 cm³/mol. The molecule has 94 valence electrons.